The maximum atomic E-state index is 12.9. The van der Waals surface area contributed by atoms with Crippen molar-refractivity contribution < 1.29 is 9.53 Å². The number of carbonyl (C=O) groups is 1. The average Bonchev–Trinajstić information content (AvgIpc) is 3.43. The number of benzene rings is 2. The van der Waals surface area contributed by atoms with Crippen LogP contribution in [0.3, 0.4) is 0 Å². The number of aromatic nitrogens is 5. The van der Waals surface area contributed by atoms with Gasteiger partial charge in [-0.15, -0.1) is 16.4 Å². The Morgan fingerprint density at radius 3 is 2.87 bits per heavy atom. The molecule has 0 aliphatic heterocycles. The second kappa shape index (κ2) is 9.03. The first-order valence-corrected chi connectivity index (χ1v) is 11.5. The minimum absolute atomic E-state index is 0.0255. The van der Waals surface area contributed by atoms with Crippen molar-refractivity contribution in [1.29, 1.82) is 0 Å². The number of ether oxygens (including phenoxy) is 1. The van der Waals surface area contributed by atoms with E-state index in [1.165, 1.54) is 11.8 Å². The quantitative estimate of drug-likeness (QED) is 0.392. The topological polar surface area (TPSA) is 86.0 Å². The van der Waals surface area contributed by atoms with E-state index in [1.807, 2.05) is 56.3 Å². The Balaban J connectivity index is 1.47. The van der Waals surface area contributed by atoms with Crippen molar-refractivity contribution in [2.45, 2.75) is 25.0 Å². The first kappa shape index (κ1) is 21.3. The van der Waals surface area contributed by atoms with Gasteiger partial charge in [0.1, 0.15) is 16.4 Å². The summed E-state index contributed by atoms with van der Waals surface area (Å²) < 4.78 is 8.16. The van der Waals surface area contributed by atoms with Crippen LogP contribution in [0.5, 0.6) is 5.75 Å². The fraction of sp³-hybridized carbons (Fsp3) is 0.286. The predicted octanol–water partition coefficient (Wildman–Crippen LogP) is 3.90. The van der Waals surface area contributed by atoms with Crippen LogP contribution < -0.4 is 4.74 Å². The fourth-order valence-electron chi connectivity index (χ4n) is 3.06. The Kier molecular flexibility index (Phi) is 6.19. The second-order valence-corrected chi connectivity index (χ2v) is 9.04. The third kappa shape index (κ3) is 4.40. The van der Waals surface area contributed by atoms with Gasteiger partial charge >= 0.3 is 0 Å². The molecule has 1 atom stereocenters. The molecule has 2 heterocycles. The third-order valence-corrected chi connectivity index (χ3v) is 7.08. The first-order valence-electron chi connectivity index (χ1n) is 9.65. The smallest absolute Gasteiger partial charge is 0.233 e. The van der Waals surface area contributed by atoms with Crippen molar-refractivity contribution >= 4 is 39.2 Å². The lowest BCUT2D eigenvalue weighted by Gasteiger charge is -2.23. The molecule has 4 rings (SSSR count). The molecule has 0 unspecified atom stereocenters. The average molecular weight is 455 g/mol. The molecule has 8 nitrogen and oxygen atoms in total. The van der Waals surface area contributed by atoms with Crippen LogP contribution >= 0.6 is 23.1 Å². The summed E-state index contributed by atoms with van der Waals surface area (Å²) in [6.07, 6.45) is 0. The highest BCUT2D eigenvalue weighted by molar-refractivity contribution is 7.99. The molecule has 0 saturated carbocycles. The first-order chi connectivity index (χ1) is 15.0. The molecule has 0 radical (unpaired) electrons. The number of thiazole rings is 1. The maximum Gasteiger partial charge on any atom is 0.233 e. The number of aryl methyl sites for hydroxylation is 1. The lowest BCUT2D eigenvalue weighted by molar-refractivity contribution is -0.128. The van der Waals surface area contributed by atoms with Gasteiger partial charge in [0.05, 0.1) is 29.1 Å². The largest absolute Gasteiger partial charge is 0.494 e. The van der Waals surface area contributed by atoms with Gasteiger partial charge in [-0.3, -0.25) is 4.79 Å². The number of methoxy groups -OCH3 is 1. The van der Waals surface area contributed by atoms with Gasteiger partial charge in [-0.05, 0) is 54.1 Å². The Hall–Kier alpha value is -2.98. The van der Waals surface area contributed by atoms with Crippen LogP contribution in [0.2, 0.25) is 0 Å². The van der Waals surface area contributed by atoms with Crippen LogP contribution in [-0.4, -0.2) is 55.9 Å². The van der Waals surface area contributed by atoms with Gasteiger partial charge in [0.15, 0.2) is 0 Å². The summed E-state index contributed by atoms with van der Waals surface area (Å²) in [7, 11) is 3.40. The van der Waals surface area contributed by atoms with Gasteiger partial charge in [0.25, 0.3) is 0 Å². The molecular formula is C21H22N6O2S2. The van der Waals surface area contributed by atoms with Crippen LogP contribution in [0, 0.1) is 6.92 Å². The molecule has 10 heteroatoms. The van der Waals surface area contributed by atoms with Crippen LogP contribution in [-0.2, 0) is 4.79 Å². The summed E-state index contributed by atoms with van der Waals surface area (Å²) in [4.78, 5) is 19.3. The molecule has 2 aromatic carbocycles. The normalized spacial score (nSPS) is 12.1. The van der Waals surface area contributed by atoms with Crippen molar-refractivity contribution in [2.75, 3.05) is 19.9 Å². The minimum atomic E-state index is -0.127. The Labute approximate surface area is 188 Å². The van der Waals surface area contributed by atoms with E-state index in [-0.39, 0.29) is 17.7 Å². The Morgan fingerprint density at radius 1 is 1.29 bits per heavy atom. The monoisotopic (exact) mass is 454 g/mol. The number of nitrogens with zero attached hydrogens (tertiary/aromatic N) is 6. The SMILES string of the molecule is COc1ccc(C)cc1-n1nnnc1SCC(=O)N(C)[C@H](C)c1nc2ccccc2s1. The number of amides is 1. The number of para-hydroxylation sites is 1. The fourth-order valence-corrected chi connectivity index (χ4v) is 4.93. The number of rotatable bonds is 7. The predicted molar refractivity (Wildman–Crippen MR) is 122 cm³/mol. The standard InChI is InChI=1S/C21H22N6O2S2/c1-13-9-10-17(29-4)16(11-13)27-21(23-24-25-27)30-12-19(28)26(3)14(2)20-22-15-7-5-6-8-18(15)31-20/h5-11,14H,12H2,1-4H3/t14-/m1/s1. The van der Waals surface area contributed by atoms with Gasteiger partial charge in [-0.1, -0.05) is 30.0 Å². The van der Waals surface area contributed by atoms with E-state index in [1.54, 1.807) is 35.1 Å². The summed E-state index contributed by atoms with van der Waals surface area (Å²) in [5.41, 5.74) is 2.75. The molecule has 0 N–H and O–H groups in total. The lowest BCUT2D eigenvalue weighted by atomic mass is 10.2. The number of carbonyl (C=O) groups excluding carboxylic acids is 1. The van der Waals surface area contributed by atoms with Crippen molar-refractivity contribution in [3.63, 3.8) is 0 Å². The molecule has 0 spiro atoms. The highest BCUT2D eigenvalue weighted by Gasteiger charge is 2.22. The zero-order chi connectivity index (χ0) is 22.0. The van der Waals surface area contributed by atoms with Gasteiger partial charge < -0.3 is 9.64 Å². The van der Waals surface area contributed by atoms with E-state index in [0.29, 0.717) is 10.9 Å². The highest BCUT2D eigenvalue weighted by atomic mass is 32.2. The zero-order valence-electron chi connectivity index (χ0n) is 17.6. The Bertz CT molecular complexity index is 1190. The molecule has 1 amide bonds. The van der Waals surface area contributed by atoms with E-state index < -0.39 is 0 Å². The summed E-state index contributed by atoms with van der Waals surface area (Å²) in [6, 6.07) is 13.6. The van der Waals surface area contributed by atoms with Crippen LogP contribution in [0.1, 0.15) is 23.5 Å². The summed E-state index contributed by atoms with van der Waals surface area (Å²) >= 11 is 2.90. The van der Waals surface area contributed by atoms with Crippen LogP contribution in [0.25, 0.3) is 15.9 Å². The minimum Gasteiger partial charge on any atom is -0.494 e. The van der Waals surface area contributed by atoms with E-state index in [9.17, 15) is 4.79 Å². The van der Waals surface area contributed by atoms with Crippen molar-refractivity contribution in [2.24, 2.45) is 0 Å². The van der Waals surface area contributed by atoms with Crippen molar-refractivity contribution in [1.82, 2.24) is 30.1 Å². The lowest BCUT2D eigenvalue weighted by Crippen LogP contribution is -2.31. The number of fused-ring (bicyclic) bond motifs is 1. The van der Waals surface area contributed by atoms with Gasteiger partial charge in [0.2, 0.25) is 11.1 Å². The molecule has 0 aliphatic carbocycles. The molecule has 2 aromatic heterocycles. The van der Waals surface area contributed by atoms with E-state index >= 15 is 0 Å². The summed E-state index contributed by atoms with van der Waals surface area (Å²) in [5, 5.41) is 13.4. The van der Waals surface area contributed by atoms with E-state index in [4.69, 9.17) is 4.74 Å². The summed E-state index contributed by atoms with van der Waals surface area (Å²) in [5.74, 6) is 0.843. The van der Waals surface area contributed by atoms with E-state index in [2.05, 4.69) is 20.5 Å². The zero-order valence-corrected chi connectivity index (χ0v) is 19.3. The van der Waals surface area contributed by atoms with Gasteiger partial charge in [0, 0.05) is 7.05 Å². The molecule has 4 aromatic rings. The van der Waals surface area contributed by atoms with Crippen LogP contribution in [0.15, 0.2) is 47.6 Å². The second-order valence-electron chi connectivity index (χ2n) is 7.04. The molecule has 160 valence electrons. The molecular weight excluding hydrogens is 432 g/mol. The molecule has 0 aliphatic rings. The van der Waals surface area contributed by atoms with Crippen molar-refractivity contribution in [3.8, 4) is 11.4 Å². The van der Waals surface area contributed by atoms with Crippen LogP contribution in [0.4, 0.5) is 0 Å². The molecule has 0 saturated heterocycles. The summed E-state index contributed by atoms with van der Waals surface area (Å²) in [6.45, 7) is 3.98. The van der Waals surface area contributed by atoms with E-state index in [0.717, 1.165) is 26.5 Å². The molecule has 31 heavy (non-hydrogen) atoms. The third-order valence-electron chi connectivity index (χ3n) is 4.97. The van der Waals surface area contributed by atoms with Crippen molar-refractivity contribution in [3.05, 3.63) is 53.0 Å². The molecule has 0 bridgehead atoms. The van der Waals surface area contributed by atoms with Gasteiger partial charge in [-0.25, -0.2) is 4.98 Å². The highest BCUT2D eigenvalue weighted by Crippen LogP contribution is 2.30. The van der Waals surface area contributed by atoms with Gasteiger partial charge in [-0.2, -0.15) is 4.68 Å². The maximum absolute atomic E-state index is 12.9. The number of hydrogen-bond acceptors (Lipinski definition) is 8. The Morgan fingerprint density at radius 2 is 2.10 bits per heavy atom. The number of tetrazole rings is 1. The number of hydrogen-bond donors (Lipinski definition) is 0. The molecule has 0 fully saturated rings. The number of thioether (sulfide) groups is 1.